The Hall–Kier alpha value is -2.54. The monoisotopic (exact) mass is 439 g/mol. The number of carbonyl (C=O) groups is 1. The molecule has 1 atom stereocenters. The van der Waals surface area contributed by atoms with Crippen molar-refractivity contribution in [2.75, 3.05) is 25.0 Å². The first-order valence-corrected chi connectivity index (χ1v) is 12.2. The number of aliphatic hydroxyl groups excluding tert-OH is 1. The first kappa shape index (κ1) is 22.6. The van der Waals surface area contributed by atoms with Crippen LogP contribution in [0.5, 0.6) is 0 Å². The van der Waals surface area contributed by atoms with E-state index in [4.69, 9.17) is 5.11 Å². The average molecular weight is 440 g/mol. The van der Waals surface area contributed by atoms with E-state index in [0.717, 1.165) is 63.7 Å². The molecule has 0 unspecified atom stereocenters. The van der Waals surface area contributed by atoms with Crippen LogP contribution in [0.3, 0.4) is 0 Å². The second kappa shape index (κ2) is 10.9. The molecule has 3 N–H and O–H groups in total. The standard InChI is InChI=1S/C25H37N5O2/c1-2-29(25(32)28-24-9-5-7-20-6-3-4-8-23(20)24)17-19-10-12-21(13-11-19)27-22-16-26-30(18-22)14-15-31/h3-4,6,8,16,18-19,21,24,27,31H,2,5,7,9-15,17H2,1H3,(H,28,32)/t19?,21?,24-/m1/s1. The lowest BCUT2D eigenvalue weighted by atomic mass is 9.85. The van der Waals surface area contributed by atoms with Crippen LogP contribution in [0.1, 0.15) is 62.6 Å². The Morgan fingerprint density at radius 1 is 1.22 bits per heavy atom. The quantitative estimate of drug-likeness (QED) is 0.582. The van der Waals surface area contributed by atoms with Crippen molar-refractivity contribution >= 4 is 11.7 Å². The molecular formula is C25H37N5O2. The van der Waals surface area contributed by atoms with Gasteiger partial charge in [-0.05, 0) is 68.9 Å². The van der Waals surface area contributed by atoms with Crippen LogP contribution >= 0.6 is 0 Å². The maximum atomic E-state index is 13.1. The predicted octanol–water partition coefficient (Wildman–Crippen LogP) is 3.96. The van der Waals surface area contributed by atoms with Crippen LogP contribution in [0.2, 0.25) is 0 Å². The molecule has 4 rings (SSSR count). The van der Waals surface area contributed by atoms with E-state index in [0.29, 0.717) is 18.5 Å². The number of rotatable bonds is 8. The van der Waals surface area contributed by atoms with Gasteiger partial charge >= 0.3 is 6.03 Å². The maximum Gasteiger partial charge on any atom is 0.317 e. The number of aryl methyl sites for hydroxylation is 1. The first-order valence-electron chi connectivity index (χ1n) is 12.2. The molecule has 1 heterocycles. The van der Waals surface area contributed by atoms with Gasteiger partial charge in [0.1, 0.15) is 0 Å². The molecule has 2 aromatic rings. The smallest absolute Gasteiger partial charge is 0.317 e. The Kier molecular flexibility index (Phi) is 7.68. The van der Waals surface area contributed by atoms with E-state index in [2.05, 4.69) is 46.9 Å². The summed E-state index contributed by atoms with van der Waals surface area (Å²) in [5.41, 5.74) is 3.68. The van der Waals surface area contributed by atoms with Crippen molar-refractivity contribution in [1.29, 1.82) is 0 Å². The Morgan fingerprint density at radius 2 is 2.03 bits per heavy atom. The number of nitrogens with one attached hydrogen (secondary N) is 2. The van der Waals surface area contributed by atoms with Gasteiger partial charge in [-0.3, -0.25) is 4.68 Å². The molecule has 0 aliphatic heterocycles. The number of carbonyl (C=O) groups excluding carboxylic acids is 1. The van der Waals surface area contributed by atoms with E-state index in [1.807, 2.05) is 17.3 Å². The van der Waals surface area contributed by atoms with E-state index in [1.54, 1.807) is 4.68 Å². The van der Waals surface area contributed by atoms with Gasteiger partial charge in [-0.2, -0.15) is 5.10 Å². The minimum Gasteiger partial charge on any atom is -0.394 e. The Bertz CT molecular complexity index is 875. The summed E-state index contributed by atoms with van der Waals surface area (Å²) in [4.78, 5) is 15.1. The molecule has 0 bridgehead atoms. The molecule has 0 spiro atoms. The normalized spacial score (nSPS) is 22.8. The van der Waals surface area contributed by atoms with Crippen LogP contribution < -0.4 is 10.6 Å². The Balaban J connectivity index is 1.25. The molecule has 1 aromatic carbocycles. The summed E-state index contributed by atoms with van der Waals surface area (Å²) >= 11 is 0. The summed E-state index contributed by atoms with van der Waals surface area (Å²) in [5.74, 6) is 0.550. The molecule has 1 aromatic heterocycles. The zero-order chi connectivity index (χ0) is 22.3. The van der Waals surface area contributed by atoms with E-state index in [1.165, 1.54) is 11.1 Å². The zero-order valence-corrected chi connectivity index (χ0v) is 19.2. The Labute approximate surface area is 191 Å². The van der Waals surface area contributed by atoms with Crippen LogP contribution in [0.25, 0.3) is 0 Å². The number of hydrogen-bond acceptors (Lipinski definition) is 4. The van der Waals surface area contributed by atoms with Crippen LogP contribution in [-0.2, 0) is 13.0 Å². The molecule has 1 fully saturated rings. The fraction of sp³-hybridized carbons (Fsp3) is 0.600. The molecule has 2 amide bonds. The highest BCUT2D eigenvalue weighted by molar-refractivity contribution is 5.74. The van der Waals surface area contributed by atoms with E-state index >= 15 is 0 Å². The molecule has 0 saturated heterocycles. The van der Waals surface area contributed by atoms with Gasteiger partial charge in [-0.25, -0.2) is 4.79 Å². The molecule has 2 aliphatic rings. The molecule has 2 aliphatic carbocycles. The summed E-state index contributed by atoms with van der Waals surface area (Å²) in [6.07, 6.45) is 11.5. The second-order valence-electron chi connectivity index (χ2n) is 9.21. The summed E-state index contributed by atoms with van der Waals surface area (Å²) in [6.45, 7) is 4.27. The molecule has 174 valence electrons. The summed E-state index contributed by atoms with van der Waals surface area (Å²) in [5, 5.41) is 20.2. The number of urea groups is 1. The van der Waals surface area contributed by atoms with E-state index < -0.39 is 0 Å². The van der Waals surface area contributed by atoms with Gasteiger partial charge in [0.05, 0.1) is 31.1 Å². The van der Waals surface area contributed by atoms with Crippen molar-refractivity contribution in [3.8, 4) is 0 Å². The van der Waals surface area contributed by atoms with E-state index in [9.17, 15) is 4.79 Å². The van der Waals surface area contributed by atoms with Crippen LogP contribution in [0, 0.1) is 5.92 Å². The number of aromatic nitrogens is 2. The predicted molar refractivity (Wildman–Crippen MR) is 127 cm³/mol. The third-order valence-electron chi connectivity index (χ3n) is 6.99. The number of nitrogens with zero attached hydrogens (tertiary/aromatic N) is 3. The largest absolute Gasteiger partial charge is 0.394 e. The maximum absolute atomic E-state index is 13.1. The number of anilines is 1. The lowest BCUT2D eigenvalue weighted by Crippen LogP contribution is -2.45. The zero-order valence-electron chi connectivity index (χ0n) is 19.2. The van der Waals surface area contributed by atoms with Gasteiger partial charge in [0.25, 0.3) is 0 Å². The summed E-state index contributed by atoms with van der Waals surface area (Å²) < 4.78 is 1.76. The number of hydrogen-bond donors (Lipinski definition) is 3. The number of benzene rings is 1. The van der Waals surface area contributed by atoms with Crippen LogP contribution in [0.4, 0.5) is 10.5 Å². The van der Waals surface area contributed by atoms with Crippen molar-refractivity contribution in [2.45, 2.75) is 70.5 Å². The SMILES string of the molecule is CCN(CC1CCC(Nc2cnn(CCO)c2)CC1)C(=O)N[C@@H]1CCCc2ccccc21. The molecule has 7 heteroatoms. The molecule has 7 nitrogen and oxygen atoms in total. The Morgan fingerprint density at radius 3 is 2.81 bits per heavy atom. The van der Waals surface area contributed by atoms with Gasteiger partial charge in [-0.1, -0.05) is 24.3 Å². The van der Waals surface area contributed by atoms with Crippen LogP contribution in [-0.4, -0.2) is 51.6 Å². The van der Waals surface area contributed by atoms with Gasteiger partial charge in [0.15, 0.2) is 0 Å². The lowest BCUT2D eigenvalue weighted by molar-refractivity contribution is 0.175. The third-order valence-corrected chi connectivity index (χ3v) is 6.99. The minimum absolute atomic E-state index is 0.0748. The second-order valence-corrected chi connectivity index (χ2v) is 9.21. The molecular weight excluding hydrogens is 402 g/mol. The van der Waals surface area contributed by atoms with Crippen molar-refractivity contribution < 1.29 is 9.90 Å². The third kappa shape index (κ3) is 5.63. The van der Waals surface area contributed by atoms with Gasteiger partial charge in [0, 0.05) is 25.3 Å². The van der Waals surface area contributed by atoms with Gasteiger partial charge < -0.3 is 20.6 Å². The lowest BCUT2D eigenvalue weighted by Gasteiger charge is -2.34. The molecule has 32 heavy (non-hydrogen) atoms. The van der Waals surface area contributed by atoms with Crippen molar-refractivity contribution in [3.05, 3.63) is 47.8 Å². The van der Waals surface area contributed by atoms with E-state index in [-0.39, 0.29) is 18.7 Å². The van der Waals surface area contributed by atoms with Crippen molar-refractivity contribution in [2.24, 2.45) is 5.92 Å². The van der Waals surface area contributed by atoms with Crippen molar-refractivity contribution in [1.82, 2.24) is 20.0 Å². The minimum atomic E-state index is 0.0748. The highest BCUT2D eigenvalue weighted by Gasteiger charge is 2.27. The van der Waals surface area contributed by atoms with Gasteiger partial charge in [-0.15, -0.1) is 0 Å². The summed E-state index contributed by atoms with van der Waals surface area (Å²) in [7, 11) is 0. The number of amides is 2. The van der Waals surface area contributed by atoms with Crippen LogP contribution in [0.15, 0.2) is 36.7 Å². The highest BCUT2D eigenvalue weighted by Crippen LogP contribution is 2.30. The average Bonchev–Trinajstić information content (AvgIpc) is 3.26. The highest BCUT2D eigenvalue weighted by atomic mass is 16.3. The first-order chi connectivity index (χ1) is 15.7. The molecule has 1 saturated carbocycles. The number of aliphatic hydroxyl groups is 1. The van der Waals surface area contributed by atoms with Crippen molar-refractivity contribution in [3.63, 3.8) is 0 Å². The number of fused-ring (bicyclic) bond motifs is 1. The molecule has 0 radical (unpaired) electrons. The summed E-state index contributed by atoms with van der Waals surface area (Å²) in [6, 6.07) is 9.17. The van der Waals surface area contributed by atoms with Gasteiger partial charge in [0.2, 0.25) is 0 Å². The fourth-order valence-electron chi connectivity index (χ4n) is 5.20. The topological polar surface area (TPSA) is 82.4 Å². The fourth-order valence-corrected chi connectivity index (χ4v) is 5.20.